The molecule has 0 bridgehead atoms. The Bertz CT molecular complexity index is 1500. The number of methoxy groups -OCH3 is 1. The van der Waals surface area contributed by atoms with Gasteiger partial charge in [0.25, 0.3) is 11.5 Å². The number of nitrogens with zero attached hydrogens (tertiary/aromatic N) is 2. The van der Waals surface area contributed by atoms with Crippen LogP contribution in [0.2, 0.25) is 0 Å². The molecule has 3 aromatic rings. The van der Waals surface area contributed by atoms with Crippen molar-refractivity contribution in [3.05, 3.63) is 64.0 Å². The van der Waals surface area contributed by atoms with E-state index in [9.17, 15) is 22.4 Å². The van der Waals surface area contributed by atoms with Gasteiger partial charge in [-0.05, 0) is 29.8 Å². The third-order valence-electron chi connectivity index (χ3n) is 5.75. The lowest BCUT2D eigenvalue weighted by Crippen LogP contribution is -2.44. The van der Waals surface area contributed by atoms with E-state index in [1.165, 1.54) is 13.2 Å². The number of ether oxygens (including phenoxy) is 4. The number of amides is 1. The highest BCUT2D eigenvalue weighted by atomic mass is 32.2. The molecule has 0 radical (unpaired) electrons. The summed E-state index contributed by atoms with van der Waals surface area (Å²) in [5.41, 5.74) is 5.45. The van der Waals surface area contributed by atoms with Crippen molar-refractivity contribution in [2.75, 3.05) is 39.7 Å². The molecule has 1 aliphatic rings. The molecule has 38 heavy (non-hydrogen) atoms. The van der Waals surface area contributed by atoms with Crippen LogP contribution in [0.15, 0.2) is 41.2 Å². The van der Waals surface area contributed by atoms with Crippen molar-refractivity contribution in [3.8, 4) is 11.5 Å². The van der Waals surface area contributed by atoms with Gasteiger partial charge in [0.2, 0.25) is 15.8 Å². The van der Waals surface area contributed by atoms with Crippen molar-refractivity contribution >= 4 is 26.8 Å². The molecule has 2 heterocycles. The van der Waals surface area contributed by atoms with Gasteiger partial charge < -0.3 is 24.7 Å². The Balaban J connectivity index is 1.59. The fourth-order valence-corrected chi connectivity index (χ4v) is 4.39. The van der Waals surface area contributed by atoms with Crippen LogP contribution in [0.5, 0.6) is 11.5 Å². The number of primary amides is 1. The Hall–Kier alpha value is -3.59. The van der Waals surface area contributed by atoms with Crippen LogP contribution >= 0.6 is 0 Å². The van der Waals surface area contributed by atoms with Gasteiger partial charge in [-0.15, -0.1) is 0 Å². The first-order chi connectivity index (χ1) is 18.1. The summed E-state index contributed by atoms with van der Waals surface area (Å²) in [5, 5.41) is -0.162. The van der Waals surface area contributed by atoms with E-state index in [2.05, 4.69) is 9.71 Å². The lowest BCUT2D eigenvalue weighted by atomic mass is 10.1. The minimum atomic E-state index is -3.37. The van der Waals surface area contributed by atoms with Gasteiger partial charge in [0.05, 0.1) is 44.7 Å². The van der Waals surface area contributed by atoms with Crippen LogP contribution in [0, 0.1) is 5.82 Å². The van der Waals surface area contributed by atoms with E-state index in [4.69, 9.17) is 24.7 Å². The fraction of sp³-hybridized carbons (Fsp3) is 0.375. The Labute approximate surface area is 217 Å². The second-order valence-electron chi connectivity index (χ2n) is 8.66. The van der Waals surface area contributed by atoms with Crippen molar-refractivity contribution in [1.29, 1.82) is 0 Å². The van der Waals surface area contributed by atoms with Crippen LogP contribution in [-0.2, 0) is 26.0 Å². The van der Waals surface area contributed by atoms with Crippen molar-refractivity contribution < 1.29 is 36.6 Å². The molecule has 1 aromatic heterocycles. The monoisotopic (exact) mass is 550 g/mol. The molecular formula is C24H27FN4O8S. The molecule has 4 rings (SSSR count). The smallest absolute Gasteiger partial charge is 0.284 e. The van der Waals surface area contributed by atoms with Crippen LogP contribution in [0.1, 0.15) is 16.2 Å². The third kappa shape index (κ3) is 6.45. The number of carbonyl (C=O) groups excluding carboxylic acids is 1. The van der Waals surface area contributed by atoms with Gasteiger partial charge in [0.1, 0.15) is 23.8 Å². The summed E-state index contributed by atoms with van der Waals surface area (Å²) >= 11 is 0. The van der Waals surface area contributed by atoms with Crippen molar-refractivity contribution in [1.82, 2.24) is 14.3 Å². The molecule has 2 unspecified atom stereocenters. The highest BCUT2D eigenvalue weighted by molar-refractivity contribution is 7.88. The third-order valence-corrected chi connectivity index (χ3v) is 6.44. The summed E-state index contributed by atoms with van der Waals surface area (Å²) in [4.78, 5) is 29.9. The summed E-state index contributed by atoms with van der Waals surface area (Å²) in [6, 6.07) is 9.20. The molecule has 0 aliphatic carbocycles. The maximum absolute atomic E-state index is 14.9. The molecule has 1 saturated heterocycles. The second-order valence-corrected chi connectivity index (χ2v) is 10.5. The zero-order valence-electron chi connectivity index (χ0n) is 20.7. The Morgan fingerprint density at radius 1 is 1.24 bits per heavy atom. The fourth-order valence-electron chi connectivity index (χ4n) is 3.90. The van der Waals surface area contributed by atoms with Crippen molar-refractivity contribution in [2.24, 2.45) is 5.73 Å². The predicted octanol–water partition coefficient (Wildman–Crippen LogP) is 0.403. The topological polar surface area (TPSA) is 161 Å². The Kier molecular flexibility index (Phi) is 8.26. The highest BCUT2D eigenvalue weighted by Gasteiger charge is 2.26. The van der Waals surface area contributed by atoms with Crippen LogP contribution < -0.4 is 25.5 Å². The molecule has 0 saturated carbocycles. The molecule has 0 spiro atoms. The predicted molar refractivity (Wildman–Crippen MR) is 134 cm³/mol. The zero-order chi connectivity index (χ0) is 27.4. The lowest BCUT2D eigenvalue weighted by Gasteiger charge is -2.29. The van der Waals surface area contributed by atoms with Crippen LogP contribution in [0.25, 0.3) is 10.9 Å². The summed E-state index contributed by atoms with van der Waals surface area (Å²) in [6.45, 7) is -0.0338. The minimum Gasteiger partial charge on any atom is -0.497 e. The molecule has 204 valence electrons. The van der Waals surface area contributed by atoms with E-state index in [1.54, 1.807) is 24.3 Å². The van der Waals surface area contributed by atoms with Crippen molar-refractivity contribution in [3.63, 3.8) is 0 Å². The Morgan fingerprint density at radius 2 is 1.97 bits per heavy atom. The molecule has 14 heteroatoms. The number of sulfonamides is 1. The maximum Gasteiger partial charge on any atom is 0.284 e. The average Bonchev–Trinajstić information content (AvgIpc) is 2.88. The maximum atomic E-state index is 14.9. The van der Waals surface area contributed by atoms with E-state index in [0.29, 0.717) is 11.3 Å². The van der Waals surface area contributed by atoms with E-state index in [-0.39, 0.29) is 55.4 Å². The van der Waals surface area contributed by atoms with E-state index in [0.717, 1.165) is 16.9 Å². The minimum absolute atomic E-state index is 0.0369. The SMILES string of the molecule is COc1cccc(Cn2c(C(N)=O)nc3ccc(F)c(OCC4COC(CNS(C)(=O)=O)CO4)c3c2=O)c1. The molecule has 2 atom stereocenters. The van der Waals surface area contributed by atoms with Gasteiger partial charge in [0.15, 0.2) is 11.6 Å². The molecule has 2 aromatic carbocycles. The molecule has 1 amide bonds. The summed E-state index contributed by atoms with van der Waals surface area (Å²) in [5.74, 6) is -1.82. The number of carbonyl (C=O) groups is 1. The highest BCUT2D eigenvalue weighted by Crippen LogP contribution is 2.27. The number of nitrogens with one attached hydrogen (secondary N) is 1. The number of benzene rings is 2. The van der Waals surface area contributed by atoms with Gasteiger partial charge in [-0.1, -0.05) is 12.1 Å². The molecule has 1 aliphatic heterocycles. The van der Waals surface area contributed by atoms with Gasteiger partial charge in [-0.3, -0.25) is 14.2 Å². The lowest BCUT2D eigenvalue weighted by molar-refractivity contribution is -0.139. The number of aromatic nitrogens is 2. The quantitative estimate of drug-likeness (QED) is 0.364. The average molecular weight is 551 g/mol. The summed E-state index contributed by atoms with van der Waals surface area (Å²) in [7, 11) is -1.88. The molecule has 3 N–H and O–H groups in total. The van der Waals surface area contributed by atoms with Gasteiger partial charge in [-0.25, -0.2) is 22.5 Å². The standard InChI is InChI=1S/C24H27FN4O8S/c1-34-15-5-3-4-14(8-15)10-29-23(22(26)30)28-19-7-6-18(25)21(20(19)24(29)31)37-13-17-12-35-16(11-36-17)9-27-38(2,32)33/h3-8,16-17,27H,9-13H2,1-2H3,(H2,26,30). The van der Waals surface area contributed by atoms with Crippen LogP contribution in [0.3, 0.4) is 0 Å². The number of hydrogen-bond acceptors (Lipinski definition) is 9. The number of rotatable bonds is 10. The summed E-state index contributed by atoms with van der Waals surface area (Å²) in [6.07, 6.45) is -0.0515. The first-order valence-electron chi connectivity index (χ1n) is 11.5. The van der Waals surface area contributed by atoms with Crippen LogP contribution in [-0.4, -0.2) is 75.8 Å². The number of hydrogen-bond donors (Lipinski definition) is 2. The number of halogens is 1. The van der Waals surface area contributed by atoms with Crippen molar-refractivity contribution in [2.45, 2.75) is 18.8 Å². The van der Waals surface area contributed by atoms with Gasteiger partial charge in [0, 0.05) is 6.54 Å². The Morgan fingerprint density at radius 3 is 2.63 bits per heavy atom. The molecule has 12 nitrogen and oxygen atoms in total. The normalized spacial score (nSPS) is 17.9. The molecule has 1 fully saturated rings. The first kappa shape index (κ1) is 27.4. The van der Waals surface area contributed by atoms with E-state index >= 15 is 0 Å². The number of fused-ring (bicyclic) bond motifs is 1. The molecular weight excluding hydrogens is 523 g/mol. The zero-order valence-corrected chi connectivity index (χ0v) is 21.5. The second kappa shape index (κ2) is 11.4. The first-order valence-corrected chi connectivity index (χ1v) is 13.4. The number of nitrogens with two attached hydrogens (primary N) is 1. The van der Waals surface area contributed by atoms with Gasteiger partial charge in [-0.2, -0.15) is 0 Å². The van der Waals surface area contributed by atoms with Crippen LogP contribution in [0.4, 0.5) is 4.39 Å². The van der Waals surface area contributed by atoms with E-state index < -0.39 is 39.5 Å². The largest absolute Gasteiger partial charge is 0.497 e. The van der Waals surface area contributed by atoms with E-state index in [1.807, 2.05) is 0 Å². The van der Waals surface area contributed by atoms with Gasteiger partial charge >= 0.3 is 0 Å². The summed E-state index contributed by atoms with van der Waals surface area (Å²) < 4.78 is 62.9.